The zero-order valence-electron chi connectivity index (χ0n) is 23.4. The molecule has 1 atom stereocenters. The Bertz CT molecular complexity index is 1480. The second-order valence-electron chi connectivity index (χ2n) is 9.50. The number of hydrogen-bond acceptors (Lipinski definition) is 6. The number of hydrogen-bond donors (Lipinski definition) is 1. The average molecular weight is 667 g/mol. The summed E-state index contributed by atoms with van der Waals surface area (Å²) in [5.74, 6) is -0.364. The fourth-order valence-electron chi connectivity index (χ4n) is 4.06. The highest BCUT2D eigenvalue weighted by atomic mass is 79.9. The second-order valence-corrected chi connectivity index (χ2v) is 12.7. The molecule has 0 saturated carbocycles. The number of amides is 2. The van der Waals surface area contributed by atoms with E-state index in [9.17, 15) is 18.0 Å². The lowest BCUT2D eigenvalue weighted by molar-refractivity contribution is -0.139. The zero-order valence-corrected chi connectivity index (χ0v) is 26.6. The summed E-state index contributed by atoms with van der Waals surface area (Å²) in [6.07, 6.45) is 0. The third kappa shape index (κ3) is 8.15. The van der Waals surface area contributed by atoms with Gasteiger partial charge < -0.3 is 19.7 Å². The molecule has 0 unspecified atom stereocenters. The van der Waals surface area contributed by atoms with Crippen molar-refractivity contribution in [3.8, 4) is 11.5 Å². The summed E-state index contributed by atoms with van der Waals surface area (Å²) in [5.41, 5.74) is 0.983. The lowest BCUT2D eigenvalue weighted by atomic mass is 10.1. The van der Waals surface area contributed by atoms with E-state index in [1.807, 2.05) is 38.1 Å². The van der Waals surface area contributed by atoms with Gasteiger partial charge in [0.2, 0.25) is 11.8 Å². The smallest absolute Gasteiger partial charge is 0.264 e. The van der Waals surface area contributed by atoms with Crippen LogP contribution in [0, 0.1) is 0 Å². The molecule has 0 aromatic heterocycles. The van der Waals surface area contributed by atoms with E-state index in [1.54, 1.807) is 6.92 Å². The van der Waals surface area contributed by atoms with Crippen LogP contribution in [0.3, 0.4) is 0 Å². The van der Waals surface area contributed by atoms with Gasteiger partial charge >= 0.3 is 0 Å². The molecular formula is C29H33BrClN3O6S. The maximum atomic E-state index is 14.0. The van der Waals surface area contributed by atoms with E-state index in [0.29, 0.717) is 10.8 Å². The van der Waals surface area contributed by atoms with Crippen molar-refractivity contribution < 1.29 is 27.5 Å². The lowest BCUT2D eigenvalue weighted by Gasteiger charge is -2.32. The minimum atomic E-state index is -4.30. The summed E-state index contributed by atoms with van der Waals surface area (Å²) in [4.78, 5) is 28.2. The van der Waals surface area contributed by atoms with Crippen LogP contribution in [0.2, 0.25) is 5.02 Å². The first-order valence-electron chi connectivity index (χ1n) is 12.7. The molecule has 12 heteroatoms. The number of halogens is 2. The number of methoxy groups -OCH3 is 2. The Balaban J connectivity index is 2.07. The molecule has 0 aliphatic rings. The van der Waals surface area contributed by atoms with E-state index < -0.39 is 28.5 Å². The number of ether oxygens (including phenoxy) is 2. The quantitative estimate of drug-likeness (QED) is 0.283. The first-order valence-corrected chi connectivity index (χ1v) is 15.3. The van der Waals surface area contributed by atoms with Crippen molar-refractivity contribution >= 4 is 55.1 Å². The maximum Gasteiger partial charge on any atom is 0.264 e. The molecule has 0 saturated heterocycles. The van der Waals surface area contributed by atoms with Crippen molar-refractivity contribution in [2.24, 2.45) is 0 Å². The number of carbonyl (C=O) groups excluding carboxylic acids is 2. The fraction of sp³-hybridized carbons (Fsp3) is 0.310. The molecule has 3 aromatic carbocycles. The first kappa shape index (κ1) is 32.2. The van der Waals surface area contributed by atoms with Crippen LogP contribution in [0.1, 0.15) is 26.3 Å². The summed E-state index contributed by atoms with van der Waals surface area (Å²) < 4.78 is 40.4. The van der Waals surface area contributed by atoms with Gasteiger partial charge in [0, 0.05) is 28.1 Å². The third-order valence-corrected chi connectivity index (χ3v) is 8.69. The average Bonchev–Trinajstić information content (AvgIpc) is 2.93. The molecule has 1 N–H and O–H groups in total. The standard InChI is InChI=1S/C29H33BrClN3O6S/c1-19(2)32-29(36)20(3)33(17-21-7-6-8-22(30)15-21)28(35)18-34(24-11-9-23(31)10-12-24)41(37,38)25-13-14-26(39-4)27(16-25)40-5/h6-16,19-20H,17-18H2,1-5H3,(H,32,36)/t20-/m1/s1. The van der Waals surface area contributed by atoms with Crippen LogP contribution in [0.5, 0.6) is 11.5 Å². The van der Waals surface area contributed by atoms with E-state index in [4.69, 9.17) is 21.1 Å². The molecule has 41 heavy (non-hydrogen) atoms. The molecule has 3 aromatic rings. The molecule has 0 heterocycles. The molecule has 0 fully saturated rings. The number of nitrogens with zero attached hydrogens (tertiary/aromatic N) is 2. The predicted octanol–water partition coefficient (Wildman–Crippen LogP) is 5.26. The predicted molar refractivity (Wildman–Crippen MR) is 163 cm³/mol. The highest BCUT2D eigenvalue weighted by Crippen LogP contribution is 2.32. The van der Waals surface area contributed by atoms with Crippen LogP contribution in [-0.2, 0) is 26.2 Å². The molecule has 2 amide bonds. The van der Waals surface area contributed by atoms with Gasteiger partial charge in [-0.2, -0.15) is 0 Å². The Morgan fingerprint density at radius 3 is 2.20 bits per heavy atom. The van der Waals surface area contributed by atoms with Crippen LogP contribution in [0.15, 0.2) is 76.1 Å². The summed E-state index contributed by atoms with van der Waals surface area (Å²) in [6.45, 7) is 4.76. The van der Waals surface area contributed by atoms with Crippen molar-refractivity contribution in [3.05, 3.63) is 81.8 Å². The van der Waals surface area contributed by atoms with Crippen molar-refractivity contribution in [1.82, 2.24) is 10.2 Å². The SMILES string of the molecule is COc1ccc(S(=O)(=O)N(CC(=O)N(Cc2cccc(Br)c2)[C@H](C)C(=O)NC(C)C)c2ccc(Cl)cc2)cc1OC. The molecule has 9 nitrogen and oxygen atoms in total. The number of benzene rings is 3. The second kappa shape index (κ2) is 14.1. The summed E-state index contributed by atoms with van der Waals surface area (Å²) in [7, 11) is -1.45. The van der Waals surface area contributed by atoms with E-state index in [2.05, 4.69) is 21.2 Å². The van der Waals surface area contributed by atoms with Gasteiger partial charge in [-0.15, -0.1) is 0 Å². The van der Waals surface area contributed by atoms with Gasteiger partial charge in [-0.1, -0.05) is 39.7 Å². The van der Waals surface area contributed by atoms with Crippen LogP contribution >= 0.6 is 27.5 Å². The monoisotopic (exact) mass is 665 g/mol. The summed E-state index contributed by atoms with van der Waals surface area (Å²) in [5, 5.41) is 3.23. The number of sulfonamides is 1. The highest BCUT2D eigenvalue weighted by molar-refractivity contribution is 9.10. The molecular weight excluding hydrogens is 634 g/mol. The normalized spacial score (nSPS) is 12.0. The first-order chi connectivity index (χ1) is 19.4. The highest BCUT2D eigenvalue weighted by Gasteiger charge is 2.33. The number of carbonyl (C=O) groups is 2. The Morgan fingerprint density at radius 2 is 1.61 bits per heavy atom. The molecule has 0 bridgehead atoms. The van der Waals surface area contributed by atoms with Crippen molar-refractivity contribution in [1.29, 1.82) is 0 Å². The molecule has 0 aliphatic heterocycles. The maximum absolute atomic E-state index is 14.0. The van der Waals surface area contributed by atoms with E-state index in [1.165, 1.54) is 61.6 Å². The Morgan fingerprint density at radius 1 is 0.951 bits per heavy atom. The fourth-order valence-corrected chi connectivity index (χ4v) is 6.06. The Kier molecular flexibility index (Phi) is 11.1. The minimum Gasteiger partial charge on any atom is -0.493 e. The Labute approximate surface area is 254 Å². The number of nitrogens with one attached hydrogen (secondary N) is 1. The molecule has 3 rings (SSSR count). The van der Waals surface area contributed by atoms with Crippen molar-refractivity contribution in [3.63, 3.8) is 0 Å². The lowest BCUT2D eigenvalue weighted by Crippen LogP contribution is -2.52. The van der Waals surface area contributed by atoms with Gasteiger partial charge in [-0.25, -0.2) is 8.42 Å². The van der Waals surface area contributed by atoms with Crippen LogP contribution in [-0.4, -0.2) is 58.0 Å². The van der Waals surface area contributed by atoms with Crippen LogP contribution in [0.25, 0.3) is 0 Å². The van der Waals surface area contributed by atoms with Gasteiger partial charge in [0.1, 0.15) is 12.6 Å². The summed E-state index contributed by atoms with van der Waals surface area (Å²) in [6, 6.07) is 16.6. The minimum absolute atomic E-state index is 0.0792. The number of anilines is 1. The largest absolute Gasteiger partial charge is 0.493 e. The van der Waals surface area contributed by atoms with Gasteiger partial charge in [-0.3, -0.25) is 13.9 Å². The molecule has 0 aliphatic carbocycles. The van der Waals surface area contributed by atoms with Gasteiger partial charge in [0.05, 0.1) is 24.8 Å². The van der Waals surface area contributed by atoms with Gasteiger partial charge in [0.15, 0.2) is 11.5 Å². The van der Waals surface area contributed by atoms with E-state index in [-0.39, 0.29) is 34.8 Å². The zero-order chi connectivity index (χ0) is 30.3. The number of rotatable bonds is 12. The Hall–Kier alpha value is -3.28. The van der Waals surface area contributed by atoms with Crippen LogP contribution < -0.4 is 19.1 Å². The third-order valence-electron chi connectivity index (χ3n) is 6.18. The summed E-state index contributed by atoms with van der Waals surface area (Å²) >= 11 is 9.51. The van der Waals surface area contributed by atoms with E-state index in [0.717, 1.165) is 14.3 Å². The molecule has 0 radical (unpaired) electrons. The van der Waals surface area contributed by atoms with Gasteiger partial charge in [-0.05, 0) is 74.9 Å². The van der Waals surface area contributed by atoms with E-state index >= 15 is 0 Å². The van der Waals surface area contributed by atoms with Gasteiger partial charge in [0.25, 0.3) is 10.0 Å². The molecule has 0 spiro atoms. The van der Waals surface area contributed by atoms with Crippen molar-refractivity contribution in [2.75, 3.05) is 25.1 Å². The topological polar surface area (TPSA) is 105 Å². The molecule has 220 valence electrons. The van der Waals surface area contributed by atoms with Crippen molar-refractivity contribution in [2.45, 2.75) is 44.3 Å². The van der Waals surface area contributed by atoms with Crippen LogP contribution in [0.4, 0.5) is 5.69 Å².